The van der Waals surface area contributed by atoms with Gasteiger partial charge in [0.25, 0.3) is 5.56 Å². The number of pyridine rings is 1. The van der Waals surface area contributed by atoms with Gasteiger partial charge in [0.1, 0.15) is 0 Å². The van der Waals surface area contributed by atoms with Gasteiger partial charge in [0.15, 0.2) is 0 Å². The summed E-state index contributed by atoms with van der Waals surface area (Å²) in [6.07, 6.45) is 0.467. The molecule has 130 valence electrons. The van der Waals surface area contributed by atoms with E-state index in [1.807, 2.05) is 45.0 Å². The average Bonchev–Trinajstić information content (AvgIpc) is 2.51. The Morgan fingerprint density at radius 1 is 1.29 bits per heavy atom. The summed E-state index contributed by atoms with van der Waals surface area (Å²) in [6, 6.07) is 7.82. The van der Waals surface area contributed by atoms with Gasteiger partial charge >= 0.3 is 0 Å². The van der Waals surface area contributed by atoms with Crippen LogP contribution >= 0.6 is 0 Å². The number of H-pyrrole nitrogens is 1. The predicted octanol–water partition coefficient (Wildman–Crippen LogP) is 2.86. The highest BCUT2D eigenvalue weighted by atomic mass is 16.5. The minimum absolute atomic E-state index is 0.0467. The maximum atomic E-state index is 12.4. The molecule has 5 nitrogen and oxygen atoms in total. The first-order valence-electron chi connectivity index (χ1n) is 8.30. The number of hydrogen-bond donors (Lipinski definition) is 1. The fourth-order valence-corrected chi connectivity index (χ4v) is 2.65. The minimum atomic E-state index is -0.145. The third-order valence-electron chi connectivity index (χ3n) is 3.94. The van der Waals surface area contributed by atoms with Gasteiger partial charge in [-0.05, 0) is 35.9 Å². The standard InChI is InChI=1S/C19H26N2O3/c1-13(2)9-18(22)21(7-8-24-4)12-16-11-15-6-5-14(3)10-17(15)20-19(16)23/h5-6,10-11,13H,7-9,12H2,1-4H3,(H,20,23). The van der Waals surface area contributed by atoms with Gasteiger partial charge in [-0.3, -0.25) is 9.59 Å². The Morgan fingerprint density at radius 3 is 2.71 bits per heavy atom. The second kappa shape index (κ2) is 8.11. The zero-order valence-corrected chi connectivity index (χ0v) is 14.9. The van der Waals surface area contributed by atoms with E-state index < -0.39 is 0 Å². The summed E-state index contributed by atoms with van der Waals surface area (Å²) in [7, 11) is 1.61. The lowest BCUT2D eigenvalue weighted by atomic mass is 10.1. The van der Waals surface area contributed by atoms with Crippen LogP contribution in [0.15, 0.2) is 29.1 Å². The van der Waals surface area contributed by atoms with E-state index in [2.05, 4.69) is 4.98 Å². The Balaban J connectivity index is 2.28. The lowest BCUT2D eigenvalue weighted by Gasteiger charge is -2.23. The Morgan fingerprint density at radius 2 is 2.04 bits per heavy atom. The van der Waals surface area contributed by atoms with Crippen LogP contribution in [-0.4, -0.2) is 36.1 Å². The number of carbonyl (C=O) groups excluding carboxylic acids is 1. The van der Waals surface area contributed by atoms with Crippen molar-refractivity contribution in [3.63, 3.8) is 0 Å². The van der Waals surface area contributed by atoms with Crippen molar-refractivity contribution in [2.24, 2.45) is 5.92 Å². The molecule has 0 radical (unpaired) electrons. The number of methoxy groups -OCH3 is 1. The van der Waals surface area contributed by atoms with E-state index in [1.54, 1.807) is 12.0 Å². The number of ether oxygens (including phenoxy) is 1. The molecule has 0 unspecified atom stereocenters. The molecule has 0 saturated carbocycles. The molecule has 1 aromatic heterocycles. The van der Waals surface area contributed by atoms with E-state index in [9.17, 15) is 9.59 Å². The van der Waals surface area contributed by atoms with Crippen molar-refractivity contribution in [1.82, 2.24) is 9.88 Å². The maximum absolute atomic E-state index is 12.4. The molecule has 0 atom stereocenters. The van der Waals surface area contributed by atoms with Crippen LogP contribution in [0.3, 0.4) is 0 Å². The zero-order valence-electron chi connectivity index (χ0n) is 14.9. The summed E-state index contributed by atoms with van der Waals surface area (Å²) in [5.41, 5.74) is 2.37. The molecule has 0 aliphatic heterocycles. The van der Waals surface area contributed by atoms with Crippen molar-refractivity contribution >= 4 is 16.8 Å². The van der Waals surface area contributed by atoms with Crippen LogP contribution in [0.5, 0.6) is 0 Å². The molecule has 0 aliphatic carbocycles. The molecule has 2 rings (SSSR count). The van der Waals surface area contributed by atoms with Crippen LogP contribution in [-0.2, 0) is 16.1 Å². The first-order chi connectivity index (χ1) is 11.4. The summed E-state index contributed by atoms with van der Waals surface area (Å²) in [5, 5.41) is 0.971. The average molecular weight is 330 g/mol. The summed E-state index contributed by atoms with van der Waals surface area (Å²) in [4.78, 5) is 29.4. The molecule has 0 bridgehead atoms. The summed E-state index contributed by atoms with van der Waals surface area (Å²) < 4.78 is 5.10. The highest BCUT2D eigenvalue weighted by molar-refractivity contribution is 5.80. The SMILES string of the molecule is COCCN(Cc1cc2ccc(C)cc2[nH]c1=O)C(=O)CC(C)C. The molecule has 0 aliphatic rings. The second-order valence-corrected chi connectivity index (χ2v) is 6.62. The van der Waals surface area contributed by atoms with Crippen molar-refractivity contribution in [2.75, 3.05) is 20.3 Å². The minimum Gasteiger partial charge on any atom is -0.383 e. The second-order valence-electron chi connectivity index (χ2n) is 6.62. The molecule has 5 heteroatoms. The Hall–Kier alpha value is -2.14. The molecular formula is C19H26N2O3. The number of fused-ring (bicyclic) bond motifs is 1. The van der Waals surface area contributed by atoms with Crippen LogP contribution in [0.4, 0.5) is 0 Å². The van der Waals surface area contributed by atoms with E-state index >= 15 is 0 Å². The van der Waals surface area contributed by atoms with Gasteiger partial charge in [0, 0.05) is 31.2 Å². The van der Waals surface area contributed by atoms with E-state index in [-0.39, 0.29) is 17.4 Å². The van der Waals surface area contributed by atoms with Crippen molar-refractivity contribution in [3.05, 3.63) is 45.7 Å². The fraction of sp³-hybridized carbons (Fsp3) is 0.474. The third-order valence-corrected chi connectivity index (χ3v) is 3.94. The monoisotopic (exact) mass is 330 g/mol. The topological polar surface area (TPSA) is 62.4 Å². The van der Waals surface area contributed by atoms with E-state index in [0.29, 0.717) is 31.7 Å². The Bertz CT molecular complexity index is 765. The van der Waals surface area contributed by atoms with Gasteiger partial charge < -0.3 is 14.6 Å². The number of benzene rings is 1. The first-order valence-corrected chi connectivity index (χ1v) is 8.30. The van der Waals surface area contributed by atoms with E-state index in [4.69, 9.17) is 4.74 Å². The lowest BCUT2D eigenvalue weighted by molar-refractivity contribution is -0.133. The number of nitrogens with one attached hydrogen (secondary N) is 1. The van der Waals surface area contributed by atoms with Gasteiger partial charge in [0.2, 0.25) is 5.91 Å². The van der Waals surface area contributed by atoms with Crippen molar-refractivity contribution < 1.29 is 9.53 Å². The van der Waals surface area contributed by atoms with Gasteiger partial charge in [-0.25, -0.2) is 0 Å². The quantitative estimate of drug-likeness (QED) is 0.849. The molecule has 1 heterocycles. The highest BCUT2D eigenvalue weighted by Gasteiger charge is 2.17. The van der Waals surface area contributed by atoms with Gasteiger partial charge in [-0.15, -0.1) is 0 Å². The maximum Gasteiger partial charge on any atom is 0.253 e. The molecule has 0 fully saturated rings. The molecular weight excluding hydrogens is 304 g/mol. The largest absolute Gasteiger partial charge is 0.383 e. The number of aryl methyl sites for hydroxylation is 1. The number of amides is 1. The highest BCUT2D eigenvalue weighted by Crippen LogP contribution is 2.15. The summed E-state index contributed by atoms with van der Waals surface area (Å²) in [5.74, 6) is 0.325. The van der Waals surface area contributed by atoms with Crippen LogP contribution in [0.1, 0.15) is 31.4 Å². The molecule has 1 amide bonds. The number of aromatic amines is 1. The molecule has 0 saturated heterocycles. The Labute approximate surface area is 142 Å². The van der Waals surface area contributed by atoms with Crippen molar-refractivity contribution in [2.45, 2.75) is 33.7 Å². The molecule has 1 aromatic carbocycles. The number of rotatable bonds is 7. The van der Waals surface area contributed by atoms with Crippen LogP contribution < -0.4 is 5.56 Å². The number of nitrogens with zero attached hydrogens (tertiary/aromatic N) is 1. The predicted molar refractivity (Wildman–Crippen MR) is 96.1 cm³/mol. The Kier molecular flexibility index (Phi) is 6.15. The summed E-state index contributed by atoms with van der Waals surface area (Å²) >= 11 is 0. The molecule has 0 spiro atoms. The van der Waals surface area contributed by atoms with E-state index in [0.717, 1.165) is 16.5 Å². The van der Waals surface area contributed by atoms with Gasteiger partial charge in [-0.1, -0.05) is 26.0 Å². The molecule has 1 N–H and O–H groups in total. The first kappa shape index (κ1) is 18.2. The van der Waals surface area contributed by atoms with Crippen LogP contribution in [0.25, 0.3) is 10.9 Å². The normalized spacial score (nSPS) is 11.2. The zero-order chi connectivity index (χ0) is 17.7. The van der Waals surface area contributed by atoms with E-state index in [1.165, 1.54) is 0 Å². The summed E-state index contributed by atoms with van der Waals surface area (Å²) in [6.45, 7) is 7.24. The van der Waals surface area contributed by atoms with Crippen LogP contribution in [0.2, 0.25) is 0 Å². The number of carbonyl (C=O) groups is 1. The third kappa shape index (κ3) is 4.68. The van der Waals surface area contributed by atoms with Crippen LogP contribution in [0, 0.1) is 12.8 Å². The van der Waals surface area contributed by atoms with Gasteiger partial charge in [-0.2, -0.15) is 0 Å². The number of aromatic nitrogens is 1. The molecule has 2 aromatic rings. The van der Waals surface area contributed by atoms with Crippen molar-refractivity contribution in [1.29, 1.82) is 0 Å². The fourth-order valence-electron chi connectivity index (χ4n) is 2.65. The van der Waals surface area contributed by atoms with Crippen molar-refractivity contribution in [3.8, 4) is 0 Å². The lowest BCUT2D eigenvalue weighted by Crippen LogP contribution is -2.35. The molecule has 24 heavy (non-hydrogen) atoms. The smallest absolute Gasteiger partial charge is 0.253 e. The van der Waals surface area contributed by atoms with Gasteiger partial charge in [0.05, 0.1) is 13.2 Å². The number of hydrogen-bond acceptors (Lipinski definition) is 3.